The van der Waals surface area contributed by atoms with Crippen LogP contribution in [0.3, 0.4) is 0 Å². The summed E-state index contributed by atoms with van der Waals surface area (Å²) in [6.07, 6.45) is 1.66. The maximum absolute atomic E-state index is 10.7. The molecule has 0 fully saturated rings. The molecule has 0 saturated heterocycles. The summed E-state index contributed by atoms with van der Waals surface area (Å²) in [5.41, 5.74) is 0. The van der Waals surface area contributed by atoms with Gasteiger partial charge in [0.15, 0.2) is 5.78 Å². The second-order valence-electron chi connectivity index (χ2n) is 2.25. The van der Waals surface area contributed by atoms with E-state index in [-0.39, 0.29) is 5.78 Å². The summed E-state index contributed by atoms with van der Waals surface area (Å²) < 4.78 is 0. The van der Waals surface area contributed by atoms with Crippen molar-refractivity contribution in [2.24, 2.45) is 0 Å². The molecule has 0 amide bonds. The molecule has 2 nitrogen and oxygen atoms in total. The SMILES string of the molecule is CCCCC(=O)[C@@H](C)O. The van der Waals surface area contributed by atoms with E-state index in [2.05, 4.69) is 0 Å². The van der Waals surface area contributed by atoms with E-state index in [0.717, 1.165) is 12.8 Å². The molecule has 0 aromatic rings. The molecule has 0 unspecified atom stereocenters. The van der Waals surface area contributed by atoms with Crippen LogP contribution in [-0.2, 0) is 4.79 Å². The lowest BCUT2D eigenvalue weighted by molar-refractivity contribution is -0.126. The van der Waals surface area contributed by atoms with E-state index < -0.39 is 6.10 Å². The molecule has 0 saturated carbocycles. The number of Topliss-reactive ketones (excluding diaryl/α,β-unsaturated/α-hetero) is 1. The number of aliphatic hydroxyl groups is 1. The van der Waals surface area contributed by atoms with Gasteiger partial charge < -0.3 is 5.11 Å². The zero-order valence-corrected chi connectivity index (χ0v) is 6.05. The topological polar surface area (TPSA) is 37.3 Å². The van der Waals surface area contributed by atoms with Crippen molar-refractivity contribution < 1.29 is 9.90 Å². The number of rotatable bonds is 4. The third kappa shape index (κ3) is 4.15. The van der Waals surface area contributed by atoms with E-state index in [0.29, 0.717) is 6.42 Å². The van der Waals surface area contributed by atoms with Crippen molar-refractivity contribution >= 4 is 5.78 Å². The summed E-state index contributed by atoms with van der Waals surface area (Å²) in [6.45, 7) is 3.54. The van der Waals surface area contributed by atoms with Gasteiger partial charge in [-0.25, -0.2) is 0 Å². The van der Waals surface area contributed by atoms with Crippen molar-refractivity contribution in [3.8, 4) is 0 Å². The Morgan fingerprint density at radius 1 is 1.67 bits per heavy atom. The van der Waals surface area contributed by atoms with Gasteiger partial charge in [-0.3, -0.25) is 4.79 Å². The number of aliphatic hydroxyl groups excluding tert-OH is 1. The van der Waals surface area contributed by atoms with Gasteiger partial charge in [-0.1, -0.05) is 13.3 Å². The molecule has 0 rings (SSSR count). The van der Waals surface area contributed by atoms with Crippen LogP contribution in [-0.4, -0.2) is 17.0 Å². The van der Waals surface area contributed by atoms with E-state index >= 15 is 0 Å². The predicted octanol–water partition coefficient (Wildman–Crippen LogP) is 1.13. The van der Waals surface area contributed by atoms with Gasteiger partial charge in [0.1, 0.15) is 6.10 Å². The number of ketones is 1. The van der Waals surface area contributed by atoms with Gasteiger partial charge in [-0.2, -0.15) is 0 Å². The Morgan fingerprint density at radius 2 is 2.22 bits per heavy atom. The summed E-state index contributed by atoms with van der Waals surface area (Å²) in [7, 11) is 0. The van der Waals surface area contributed by atoms with E-state index in [9.17, 15) is 4.79 Å². The van der Waals surface area contributed by atoms with Gasteiger partial charge in [0, 0.05) is 6.42 Å². The van der Waals surface area contributed by atoms with Crippen LogP contribution in [0.2, 0.25) is 0 Å². The number of hydrogen-bond acceptors (Lipinski definition) is 2. The molecule has 0 aromatic carbocycles. The van der Waals surface area contributed by atoms with Crippen LogP contribution in [0.25, 0.3) is 0 Å². The number of unbranched alkanes of at least 4 members (excludes halogenated alkanes) is 1. The highest BCUT2D eigenvalue weighted by Crippen LogP contribution is 1.97. The molecular weight excluding hydrogens is 116 g/mol. The van der Waals surface area contributed by atoms with Crippen molar-refractivity contribution in [2.75, 3.05) is 0 Å². The standard InChI is InChI=1S/C7H14O2/c1-3-4-5-7(9)6(2)8/h6,8H,3-5H2,1-2H3/t6-/m1/s1. The summed E-state index contributed by atoms with van der Waals surface area (Å²) >= 11 is 0. The third-order valence-electron chi connectivity index (χ3n) is 1.24. The predicted molar refractivity (Wildman–Crippen MR) is 36.2 cm³/mol. The van der Waals surface area contributed by atoms with Crippen molar-refractivity contribution in [3.05, 3.63) is 0 Å². The largest absolute Gasteiger partial charge is 0.386 e. The minimum atomic E-state index is -0.767. The summed E-state index contributed by atoms with van der Waals surface area (Å²) in [4.78, 5) is 10.7. The lowest BCUT2D eigenvalue weighted by atomic mass is 10.1. The molecule has 0 aromatic heterocycles. The molecule has 0 aliphatic heterocycles. The average Bonchev–Trinajstić information content (AvgIpc) is 1.82. The molecule has 0 aliphatic carbocycles. The molecular formula is C7H14O2. The number of carbonyl (C=O) groups excluding carboxylic acids is 1. The summed E-state index contributed by atoms with van der Waals surface area (Å²) in [6, 6.07) is 0. The molecule has 0 heterocycles. The van der Waals surface area contributed by atoms with Crippen molar-refractivity contribution in [2.45, 2.75) is 39.2 Å². The van der Waals surface area contributed by atoms with Gasteiger partial charge in [0.05, 0.1) is 0 Å². The first kappa shape index (κ1) is 8.63. The minimum absolute atomic E-state index is 0.0446. The number of hydrogen-bond donors (Lipinski definition) is 1. The molecule has 0 aliphatic rings. The Kier molecular flexibility index (Phi) is 4.32. The normalized spacial score (nSPS) is 13.2. The van der Waals surface area contributed by atoms with E-state index in [1.165, 1.54) is 6.92 Å². The zero-order valence-electron chi connectivity index (χ0n) is 6.05. The van der Waals surface area contributed by atoms with E-state index in [1.807, 2.05) is 6.92 Å². The fourth-order valence-electron chi connectivity index (χ4n) is 0.560. The van der Waals surface area contributed by atoms with E-state index in [1.54, 1.807) is 0 Å². The highest BCUT2D eigenvalue weighted by Gasteiger charge is 2.06. The highest BCUT2D eigenvalue weighted by atomic mass is 16.3. The van der Waals surface area contributed by atoms with Crippen molar-refractivity contribution in [1.29, 1.82) is 0 Å². The highest BCUT2D eigenvalue weighted by molar-refractivity contribution is 5.82. The molecule has 0 spiro atoms. The first-order chi connectivity index (χ1) is 4.18. The fourth-order valence-corrected chi connectivity index (χ4v) is 0.560. The van der Waals surface area contributed by atoms with Crippen molar-refractivity contribution in [1.82, 2.24) is 0 Å². The van der Waals surface area contributed by atoms with Gasteiger partial charge in [0.2, 0.25) is 0 Å². The van der Waals surface area contributed by atoms with Gasteiger partial charge in [-0.05, 0) is 13.3 Å². The quantitative estimate of drug-likeness (QED) is 0.619. The Balaban J connectivity index is 3.28. The Bertz CT molecular complexity index is 86.9. The Hall–Kier alpha value is -0.370. The lowest BCUT2D eigenvalue weighted by Crippen LogP contribution is -2.15. The second-order valence-corrected chi connectivity index (χ2v) is 2.25. The second kappa shape index (κ2) is 4.50. The molecule has 0 radical (unpaired) electrons. The van der Waals surface area contributed by atoms with Crippen LogP contribution in [0.5, 0.6) is 0 Å². The summed E-state index contributed by atoms with van der Waals surface area (Å²) in [5, 5.41) is 8.70. The van der Waals surface area contributed by atoms with Gasteiger partial charge in [-0.15, -0.1) is 0 Å². The molecule has 2 heteroatoms. The minimum Gasteiger partial charge on any atom is -0.386 e. The first-order valence-corrected chi connectivity index (χ1v) is 3.39. The van der Waals surface area contributed by atoms with Crippen LogP contribution in [0.4, 0.5) is 0 Å². The monoisotopic (exact) mass is 130 g/mol. The first-order valence-electron chi connectivity index (χ1n) is 3.39. The lowest BCUT2D eigenvalue weighted by Gasteiger charge is -1.99. The van der Waals surface area contributed by atoms with E-state index in [4.69, 9.17) is 5.11 Å². The molecule has 0 bridgehead atoms. The van der Waals surface area contributed by atoms with Gasteiger partial charge in [0.25, 0.3) is 0 Å². The number of carbonyl (C=O) groups is 1. The Morgan fingerprint density at radius 3 is 2.56 bits per heavy atom. The molecule has 1 N–H and O–H groups in total. The smallest absolute Gasteiger partial charge is 0.160 e. The van der Waals surface area contributed by atoms with Crippen LogP contribution in [0.15, 0.2) is 0 Å². The van der Waals surface area contributed by atoms with Crippen LogP contribution in [0, 0.1) is 0 Å². The van der Waals surface area contributed by atoms with Gasteiger partial charge >= 0.3 is 0 Å². The Labute approximate surface area is 55.9 Å². The zero-order chi connectivity index (χ0) is 7.28. The van der Waals surface area contributed by atoms with Crippen LogP contribution >= 0.6 is 0 Å². The van der Waals surface area contributed by atoms with Crippen LogP contribution in [0.1, 0.15) is 33.1 Å². The summed E-state index contributed by atoms with van der Waals surface area (Å²) in [5.74, 6) is -0.0446. The molecule has 1 atom stereocenters. The third-order valence-corrected chi connectivity index (χ3v) is 1.24. The molecule has 9 heavy (non-hydrogen) atoms. The van der Waals surface area contributed by atoms with Crippen molar-refractivity contribution in [3.63, 3.8) is 0 Å². The average molecular weight is 130 g/mol. The maximum Gasteiger partial charge on any atom is 0.160 e. The maximum atomic E-state index is 10.7. The van der Waals surface area contributed by atoms with Crippen LogP contribution < -0.4 is 0 Å². The fraction of sp³-hybridized carbons (Fsp3) is 0.857. The molecule has 54 valence electrons.